The number of amides is 1. The summed E-state index contributed by atoms with van der Waals surface area (Å²) in [6, 6.07) is 12.1. The first-order chi connectivity index (χ1) is 11.7. The molecule has 1 aliphatic heterocycles. The lowest BCUT2D eigenvalue weighted by Gasteiger charge is -2.32. The number of hydrogen-bond donors (Lipinski definition) is 1. The number of rotatable bonds is 5. The van der Waals surface area contributed by atoms with Crippen molar-refractivity contribution in [2.75, 3.05) is 29.4 Å². The van der Waals surface area contributed by atoms with Crippen LogP contribution in [0.15, 0.2) is 42.7 Å². The normalized spacial score (nSPS) is 17.5. The molecule has 6 nitrogen and oxygen atoms in total. The number of anilines is 3. The lowest BCUT2D eigenvalue weighted by atomic mass is 9.97. The van der Waals surface area contributed by atoms with Gasteiger partial charge in [0, 0.05) is 31.4 Å². The zero-order valence-corrected chi connectivity index (χ0v) is 13.9. The Kier molecular flexibility index (Phi) is 4.93. The van der Waals surface area contributed by atoms with E-state index in [9.17, 15) is 4.79 Å². The number of aromatic nitrogens is 2. The summed E-state index contributed by atoms with van der Waals surface area (Å²) < 4.78 is 0. The van der Waals surface area contributed by atoms with Gasteiger partial charge >= 0.3 is 0 Å². The molecular formula is C18H23N5O. The van der Waals surface area contributed by atoms with Crippen molar-refractivity contribution in [1.29, 1.82) is 0 Å². The maximum atomic E-state index is 11.5. The van der Waals surface area contributed by atoms with Crippen molar-refractivity contribution in [2.24, 2.45) is 11.7 Å². The van der Waals surface area contributed by atoms with Crippen molar-refractivity contribution >= 4 is 23.2 Å². The Balaban J connectivity index is 1.84. The van der Waals surface area contributed by atoms with Gasteiger partial charge in [-0.05, 0) is 31.9 Å². The van der Waals surface area contributed by atoms with Crippen molar-refractivity contribution in [3.8, 4) is 0 Å². The van der Waals surface area contributed by atoms with E-state index in [0.29, 0.717) is 6.54 Å². The molecule has 0 radical (unpaired) electrons. The molecular weight excluding hydrogens is 302 g/mol. The van der Waals surface area contributed by atoms with Crippen LogP contribution in [0.3, 0.4) is 0 Å². The second-order valence-corrected chi connectivity index (χ2v) is 6.00. The van der Waals surface area contributed by atoms with Crippen molar-refractivity contribution in [2.45, 2.75) is 19.8 Å². The van der Waals surface area contributed by atoms with E-state index >= 15 is 0 Å². The van der Waals surface area contributed by atoms with Crippen LogP contribution < -0.4 is 15.5 Å². The van der Waals surface area contributed by atoms with Gasteiger partial charge < -0.3 is 15.5 Å². The number of carbonyl (C=O) groups is 1. The van der Waals surface area contributed by atoms with E-state index in [0.717, 1.165) is 43.3 Å². The molecule has 1 fully saturated rings. The fourth-order valence-electron chi connectivity index (χ4n) is 3.16. The third kappa shape index (κ3) is 3.48. The van der Waals surface area contributed by atoms with Gasteiger partial charge in [0.2, 0.25) is 5.91 Å². The van der Waals surface area contributed by atoms with Gasteiger partial charge in [-0.15, -0.1) is 0 Å². The van der Waals surface area contributed by atoms with Crippen molar-refractivity contribution < 1.29 is 4.79 Å². The van der Waals surface area contributed by atoms with Crippen LogP contribution in [0.1, 0.15) is 19.8 Å². The molecule has 0 aliphatic carbocycles. The predicted octanol–water partition coefficient (Wildman–Crippen LogP) is 2.34. The molecule has 1 amide bonds. The quantitative estimate of drug-likeness (QED) is 0.913. The van der Waals surface area contributed by atoms with Crippen molar-refractivity contribution in [3.63, 3.8) is 0 Å². The number of piperidine rings is 1. The SMILES string of the molecule is CCN(c1ccccc1)c1cc(N2CCCC(C(N)=O)C2)ncn1. The van der Waals surface area contributed by atoms with Crippen molar-refractivity contribution in [1.82, 2.24) is 9.97 Å². The average Bonchev–Trinajstić information content (AvgIpc) is 2.64. The minimum Gasteiger partial charge on any atom is -0.369 e. The molecule has 1 unspecified atom stereocenters. The summed E-state index contributed by atoms with van der Waals surface area (Å²) >= 11 is 0. The molecule has 2 heterocycles. The Bertz CT molecular complexity index is 691. The maximum Gasteiger partial charge on any atom is 0.222 e. The first kappa shape index (κ1) is 16.2. The summed E-state index contributed by atoms with van der Waals surface area (Å²) in [5.74, 6) is 1.37. The van der Waals surface area contributed by atoms with Gasteiger partial charge in [-0.1, -0.05) is 18.2 Å². The third-order valence-corrected chi connectivity index (χ3v) is 4.45. The number of carbonyl (C=O) groups excluding carboxylic acids is 1. The summed E-state index contributed by atoms with van der Waals surface area (Å²) in [4.78, 5) is 24.6. The zero-order valence-electron chi connectivity index (χ0n) is 13.9. The highest BCUT2D eigenvalue weighted by atomic mass is 16.1. The minimum absolute atomic E-state index is 0.103. The van der Waals surface area contributed by atoms with E-state index in [1.54, 1.807) is 6.33 Å². The van der Waals surface area contributed by atoms with E-state index in [2.05, 4.69) is 38.8 Å². The van der Waals surface area contributed by atoms with Crippen LogP contribution in [0, 0.1) is 5.92 Å². The van der Waals surface area contributed by atoms with Crippen LogP contribution in [0.2, 0.25) is 0 Å². The molecule has 3 rings (SSSR count). The van der Waals surface area contributed by atoms with Crippen LogP contribution in [-0.2, 0) is 4.79 Å². The van der Waals surface area contributed by atoms with E-state index in [4.69, 9.17) is 5.73 Å². The molecule has 1 aromatic carbocycles. The molecule has 1 atom stereocenters. The fourth-order valence-corrected chi connectivity index (χ4v) is 3.16. The van der Waals surface area contributed by atoms with Gasteiger partial charge in [0.05, 0.1) is 5.92 Å². The first-order valence-electron chi connectivity index (χ1n) is 8.38. The Morgan fingerprint density at radius 2 is 2.12 bits per heavy atom. The maximum absolute atomic E-state index is 11.5. The van der Waals surface area contributed by atoms with E-state index in [1.807, 2.05) is 24.3 Å². The Labute approximate surface area is 142 Å². The topological polar surface area (TPSA) is 75.3 Å². The van der Waals surface area contributed by atoms with Crippen molar-refractivity contribution in [3.05, 3.63) is 42.7 Å². The van der Waals surface area contributed by atoms with Crippen LogP contribution in [0.25, 0.3) is 0 Å². The number of para-hydroxylation sites is 1. The predicted molar refractivity (Wildman–Crippen MR) is 95.3 cm³/mol. The fraction of sp³-hybridized carbons (Fsp3) is 0.389. The minimum atomic E-state index is -0.228. The third-order valence-electron chi connectivity index (χ3n) is 4.45. The summed E-state index contributed by atoms with van der Waals surface area (Å²) in [5.41, 5.74) is 6.57. The van der Waals surface area contributed by atoms with Crippen LogP contribution >= 0.6 is 0 Å². The van der Waals surface area contributed by atoms with Gasteiger partial charge in [0.1, 0.15) is 18.0 Å². The number of nitrogens with zero attached hydrogens (tertiary/aromatic N) is 4. The molecule has 1 aromatic heterocycles. The Morgan fingerprint density at radius 3 is 2.83 bits per heavy atom. The van der Waals surface area contributed by atoms with Crippen LogP contribution in [-0.4, -0.2) is 35.5 Å². The zero-order chi connectivity index (χ0) is 16.9. The highest BCUT2D eigenvalue weighted by Gasteiger charge is 2.25. The molecule has 0 saturated carbocycles. The van der Waals surface area contributed by atoms with Crippen LogP contribution in [0.4, 0.5) is 17.3 Å². The van der Waals surface area contributed by atoms with Gasteiger partial charge in [0.15, 0.2) is 0 Å². The largest absolute Gasteiger partial charge is 0.369 e. The molecule has 0 spiro atoms. The molecule has 2 aromatic rings. The Morgan fingerprint density at radius 1 is 1.33 bits per heavy atom. The smallest absolute Gasteiger partial charge is 0.222 e. The number of nitrogens with two attached hydrogens (primary N) is 1. The second kappa shape index (κ2) is 7.29. The van der Waals surface area contributed by atoms with E-state index in [-0.39, 0.29) is 11.8 Å². The average molecular weight is 325 g/mol. The molecule has 126 valence electrons. The molecule has 0 bridgehead atoms. The summed E-state index contributed by atoms with van der Waals surface area (Å²) in [5, 5.41) is 0. The summed E-state index contributed by atoms with van der Waals surface area (Å²) in [6.45, 7) is 4.42. The van der Waals surface area contributed by atoms with E-state index in [1.165, 1.54) is 0 Å². The van der Waals surface area contributed by atoms with Gasteiger partial charge in [-0.2, -0.15) is 0 Å². The van der Waals surface area contributed by atoms with Gasteiger partial charge in [0.25, 0.3) is 0 Å². The first-order valence-corrected chi connectivity index (χ1v) is 8.38. The molecule has 6 heteroatoms. The summed E-state index contributed by atoms with van der Waals surface area (Å²) in [6.07, 6.45) is 3.39. The van der Waals surface area contributed by atoms with Gasteiger partial charge in [-0.25, -0.2) is 9.97 Å². The highest BCUT2D eigenvalue weighted by molar-refractivity contribution is 5.77. The number of primary amides is 1. The number of hydrogen-bond acceptors (Lipinski definition) is 5. The second-order valence-electron chi connectivity index (χ2n) is 6.00. The lowest BCUT2D eigenvalue weighted by Crippen LogP contribution is -2.41. The summed E-state index contributed by atoms with van der Waals surface area (Å²) in [7, 11) is 0. The molecule has 1 aliphatic rings. The number of benzene rings is 1. The van der Waals surface area contributed by atoms with E-state index < -0.39 is 0 Å². The monoisotopic (exact) mass is 325 g/mol. The molecule has 2 N–H and O–H groups in total. The van der Waals surface area contributed by atoms with Gasteiger partial charge in [-0.3, -0.25) is 4.79 Å². The van der Waals surface area contributed by atoms with Crippen LogP contribution in [0.5, 0.6) is 0 Å². The molecule has 24 heavy (non-hydrogen) atoms. The molecule has 1 saturated heterocycles. The Hall–Kier alpha value is -2.63. The highest BCUT2D eigenvalue weighted by Crippen LogP contribution is 2.27. The standard InChI is InChI=1S/C18H23N5O/c1-2-23(15-8-4-3-5-9-15)17-11-16(20-13-21-17)22-10-6-7-14(12-22)18(19)24/h3-5,8-9,11,13-14H,2,6-7,10,12H2,1H3,(H2,19,24). The lowest BCUT2D eigenvalue weighted by molar-refractivity contribution is -0.122.